The Morgan fingerprint density at radius 3 is 2.14 bits per heavy atom. The summed E-state index contributed by atoms with van der Waals surface area (Å²) in [6, 6.07) is 21.2. The van der Waals surface area contributed by atoms with Crippen LogP contribution in [0.4, 0.5) is 21.5 Å². The molecule has 3 amide bonds. The number of anilines is 3. The lowest BCUT2D eigenvalue weighted by molar-refractivity contribution is -0.124. The molecule has 1 heterocycles. The van der Waals surface area contributed by atoms with Gasteiger partial charge < -0.3 is 15.5 Å². The first kappa shape index (κ1) is 25.0. The van der Waals surface area contributed by atoms with E-state index >= 15 is 0 Å². The minimum atomic E-state index is -0.781. The van der Waals surface area contributed by atoms with Crippen molar-refractivity contribution in [2.75, 3.05) is 22.1 Å². The van der Waals surface area contributed by atoms with Crippen molar-refractivity contribution in [2.45, 2.75) is 25.8 Å². The van der Waals surface area contributed by atoms with E-state index in [0.29, 0.717) is 35.1 Å². The van der Waals surface area contributed by atoms with E-state index in [1.165, 1.54) is 24.0 Å². The summed E-state index contributed by atoms with van der Waals surface area (Å²) in [6.45, 7) is 1.81. The molecule has 1 aliphatic heterocycles. The summed E-state index contributed by atoms with van der Waals surface area (Å²) in [5.74, 6) is -1.13. The van der Waals surface area contributed by atoms with Crippen molar-refractivity contribution in [3.8, 4) is 0 Å². The van der Waals surface area contributed by atoms with Crippen LogP contribution in [0.1, 0.15) is 18.9 Å². The van der Waals surface area contributed by atoms with Crippen molar-refractivity contribution >= 4 is 52.1 Å². The molecule has 0 unspecified atom stereocenters. The van der Waals surface area contributed by atoms with E-state index < -0.39 is 6.04 Å². The van der Waals surface area contributed by atoms with Crippen molar-refractivity contribution in [2.24, 2.45) is 0 Å². The Balaban J connectivity index is 1.50. The van der Waals surface area contributed by atoms with Gasteiger partial charge in [-0.2, -0.15) is 0 Å². The number of carbonyl (C=O) groups is 3. The summed E-state index contributed by atoms with van der Waals surface area (Å²) >= 11 is 5.67. The number of carbonyl (C=O) groups excluding carboxylic acids is 3. The fraction of sp³-hybridized carbons (Fsp3) is 0.185. The van der Waals surface area contributed by atoms with Crippen LogP contribution in [0.5, 0.6) is 0 Å². The highest BCUT2D eigenvalue weighted by atomic mass is 32.1. The SMILES string of the molecule is CC(=O)Nc1ccc(NC(=O)C[C@H]2C(=O)N(c3ccccc3)C(=S)N2CCc2ccc(F)cc2)cc1. The highest BCUT2D eigenvalue weighted by Crippen LogP contribution is 2.27. The second kappa shape index (κ2) is 11.1. The molecule has 3 aromatic carbocycles. The van der Waals surface area contributed by atoms with E-state index in [1.807, 2.05) is 18.2 Å². The molecule has 1 saturated heterocycles. The summed E-state index contributed by atoms with van der Waals surface area (Å²) in [5, 5.41) is 5.80. The molecule has 7 nitrogen and oxygen atoms in total. The number of nitrogens with one attached hydrogen (secondary N) is 2. The number of halogens is 1. The van der Waals surface area contributed by atoms with E-state index in [1.54, 1.807) is 53.4 Å². The van der Waals surface area contributed by atoms with Crippen molar-refractivity contribution in [3.63, 3.8) is 0 Å². The number of hydrogen-bond donors (Lipinski definition) is 2. The zero-order chi connectivity index (χ0) is 25.7. The number of nitrogens with zero attached hydrogens (tertiary/aromatic N) is 2. The fourth-order valence-electron chi connectivity index (χ4n) is 4.03. The van der Waals surface area contributed by atoms with Crippen molar-refractivity contribution in [1.29, 1.82) is 0 Å². The minimum Gasteiger partial charge on any atom is -0.336 e. The second-order valence-corrected chi connectivity index (χ2v) is 8.75. The Labute approximate surface area is 213 Å². The maximum absolute atomic E-state index is 13.4. The van der Waals surface area contributed by atoms with E-state index in [-0.39, 0.29) is 30.0 Å². The average Bonchev–Trinajstić information content (AvgIpc) is 3.08. The minimum absolute atomic E-state index is 0.0980. The zero-order valence-corrected chi connectivity index (χ0v) is 20.4. The molecule has 36 heavy (non-hydrogen) atoms. The fourth-order valence-corrected chi connectivity index (χ4v) is 4.44. The van der Waals surface area contributed by atoms with Crippen molar-refractivity contribution in [1.82, 2.24) is 4.90 Å². The summed E-state index contributed by atoms with van der Waals surface area (Å²) in [5.41, 5.74) is 2.69. The van der Waals surface area contributed by atoms with Gasteiger partial charge in [-0.05, 0) is 72.7 Å². The second-order valence-electron chi connectivity index (χ2n) is 8.39. The third-order valence-corrected chi connectivity index (χ3v) is 6.17. The van der Waals surface area contributed by atoms with E-state index in [4.69, 9.17) is 12.2 Å². The quantitative estimate of drug-likeness (QED) is 0.446. The van der Waals surface area contributed by atoms with Crippen LogP contribution in [-0.2, 0) is 20.8 Å². The molecule has 3 aromatic rings. The van der Waals surface area contributed by atoms with E-state index in [9.17, 15) is 18.8 Å². The maximum Gasteiger partial charge on any atom is 0.256 e. The monoisotopic (exact) mass is 504 g/mol. The van der Waals surface area contributed by atoms with Gasteiger partial charge in [-0.15, -0.1) is 0 Å². The molecule has 0 spiro atoms. The summed E-state index contributed by atoms with van der Waals surface area (Å²) in [4.78, 5) is 40.8. The number of thiocarbonyl (C=S) groups is 1. The molecular formula is C27H25FN4O3S. The molecule has 1 aliphatic rings. The lowest BCUT2D eigenvalue weighted by Crippen LogP contribution is -2.39. The molecule has 0 aromatic heterocycles. The molecule has 1 atom stereocenters. The molecule has 9 heteroatoms. The summed E-state index contributed by atoms with van der Waals surface area (Å²) in [6.07, 6.45) is 0.429. The Morgan fingerprint density at radius 2 is 1.53 bits per heavy atom. The molecule has 0 bridgehead atoms. The normalized spacial score (nSPS) is 15.2. The van der Waals surface area contributed by atoms with Gasteiger partial charge in [0.15, 0.2) is 5.11 Å². The Hall–Kier alpha value is -4.11. The van der Waals surface area contributed by atoms with Crippen molar-refractivity contribution in [3.05, 3.63) is 90.2 Å². The summed E-state index contributed by atoms with van der Waals surface area (Å²) < 4.78 is 13.3. The maximum atomic E-state index is 13.4. The van der Waals surface area contributed by atoms with Gasteiger partial charge in [-0.3, -0.25) is 19.3 Å². The van der Waals surface area contributed by atoms with Crippen molar-refractivity contribution < 1.29 is 18.8 Å². The molecular weight excluding hydrogens is 479 g/mol. The first-order valence-electron chi connectivity index (χ1n) is 11.4. The first-order chi connectivity index (χ1) is 17.3. The average molecular weight is 505 g/mol. The number of rotatable bonds is 8. The van der Waals surface area contributed by atoms with Gasteiger partial charge in [0, 0.05) is 24.8 Å². The number of hydrogen-bond acceptors (Lipinski definition) is 4. The van der Waals surface area contributed by atoms with Crippen LogP contribution in [0.25, 0.3) is 0 Å². The number of amides is 3. The van der Waals surface area contributed by atoms with Crippen LogP contribution in [0.15, 0.2) is 78.9 Å². The van der Waals surface area contributed by atoms with E-state index in [2.05, 4.69) is 10.6 Å². The highest BCUT2D eigenvalue weighted by Gasteiger charge is 2.43. The smallest absolute Gasteiger partial charge is 0.256 e. The van der Waals surface area contributed by atoms with Crippen LogP contribution >= 0.6 is 12.2 Å². The van der Waals surface area contributed by atoms with Gasteiger partial charge in [0.2, 0.25) is 11.8 Å². The van der Waals surface area contributed by atoms with Gasteiger partial charge in [-0.25, -0.2) is 4.39 Å². The van der Waals surface area contributed by atoms with Crippen LogP contribution in [-0.4, -0.2) is 40.3 Å². The van der Waals surface area contributed by atoms with Gasteiger partial charge in [0.1, 0.15) is 11.9 Å². The third kappa shape index (κ3) is 5.92. The molecule has 0 radical (unpaired) electrons. The lowest BCUT2D eigenvalue weighted by atomic mass is 10.1. The number of para-hydroxylation sites is 1. The Bertz CT molecular complexity index is 1270. The molecule has 0 aliphatic carbocycles. The van der Waals surface area contributed by atoms with Gasteiger partial charge in [0.25, 0.3) is 5.91 Å². The van der Waals surface area contributed by atoms with E-state index in [0.717, 1.165) is 5.56 Å². The zero-order valence-electron chi connectivity index (χ0n) is 19.6. The van der Waals surface area contributed by atoms with Crippen LogP contribution in [0.3, 0.4) is 0 Å². The summed E-state index contributed by atoms with van der Waals surface area (Å²) in [7, 11) is 0. The van der Waals surface area contributed by atoms with Gasteiger partial charge >= 0.3 is 0 Å². The standard InChI is InChI=1S/C27H25FN4O3S/c1-18(33)29-21-11-13-22(14-12-21)30-25(34)17-24-26(35)32(23-5-3-2-4-6-23)27(36)31(24)16-15-19-7-9-20(28)10-8-19/h2-14,24H,15-17H2,1H3,(H,29,33)(H,30,34)/t24-/m0/s1. The third-order valence-electron chi connectivity index (χ3n) is 5.76. The molecule has 0 saturated carbocycles. The molecule has 2 N–H and O–H groups in total. The number of benzene rings is 3. The van der Waals surface area contributed by atoms with Crippen LogP contribution in [0, 0.1) is 5.82 Å². The Kier molecular flexibility index (Phi) is 7.70. The topological polar surface area (TPSA) is 81.8 Å². The van der Waals surface area contributed by atoms with Crippen LogP contribution < -0.4 is 15.5 Å². The Morgan fingerprint density at radius 1 is 0.917 bits per heavy atom. The van der Waals surface area contributed by atoms with Crippen LogP contribution in [0.2, 0.25) is 0 Å². The van der Waals surface area contributed by atoms with Gasteiger partial charge in [0.05, 0.1) is 12.1 Å². The largest absolute Gasteiger partial charge is 0.336 e. The molecule has 184 valence electrons. The highest BCUT2D eigenvalue weighted by molar-refractivity contribution is 7.80. The lowest BCUT2D eigenvalue weighted by Gasteiger charge is -2.24. The predicted octanol–water partition coefficient (Wildman–Crippen LogP) is 4.36. The first-order valence-corrected chi connectivity index (χ1v) is 11.8. The molecule has 4 rings (SSSR count). The molecule has 1 fully saturated rings. The van der Waals surface area contributed by atoms with Gasteiger partial charge in [-0.1, -0.05) is 30.3 Å². The predicted molar refractivity (Wildman–Crippen MR) is 141 cm³/mol.